The number of thiol groups is 1. The molecule has 1 unspecified atom stereocenters. The summed E-state index contributed by atoms with van der Waals surface area (Å²) in [6.07, 6.45) is 5.83. The SMILES string of the molecule is C[C@@H]1CNC[C@H](C)N1c1ccc(-c2cnc3c(-c4ccc([SH+](=O)N(C)C)c5ccccc45)cnn3c2)cc1.[OH-]. The van der Waals surface area contributed by atoms with Gasteiger partial charge in [-0.2, -0.15) is 5.10 Å². The first-order chi connectivity index (χ1) is 18.4. The van der Waals surface area contributed by atoms with E-state index in [1.54, 1.807) is 4.31 Å². The molecular formula is C30H34N6O2S. The molecule has 0 spiro atoms. The Labute approximate surface area is 231 Å². The molecule has 39 heavy (non-hydrogen) atoms. The molecule has 0 radical (unpaired) electrons. The highest BCUT2D eigenvalue weighted by Gasteiger charge is 2.25. The minimum absolute atomic E-state index is 0. The summed E-state index contributed by atoms with van der Waals surface area (Å²) in [5.74, 6) is 0. The number of benzene rings is 3. The molecule has 0 saturated carbocycles. The van der Waals surface area contributed by atoms with E-state index >= 15 is 0 Å². The van der Waals surface area contributed by atoms with Crippen LogP contribution in [-0.2, 0) is 15.2 Å². The number of hydrogen-bond acceptors (Lipinski definition) is 6. The summed E-state index contributed by atoms with van der Waals surface area (Å²) in [7, 11) is 2.04. The van der Waals surface area contributed by atoms with Crippen LogP contribution in [0.5, 0.6) is 0 Å². The fourth-order valence-corrected chi connectivity index (χ4v) is 6.62. The maximum absolute atomic E-state index is 12.9. The van der Waals surface area contributed by atoms with Crippen molar-refractivity contribution in [3.8, 4) is 22.3 Å². The Bertz CT molecular complexity index is 1640. The standard InChI is InChI=1S/C30H32N6OS.H2O/c1-20-15-31-16-21(2)36(20)24-11-9-22(10-12-24)23-17-32-30-28(18-33-35(30)19-23)26-13-14-29(38(37)34(3)4)27-8-6-5-7-25(26)27;/h5-14,17-21,31H,15-16H2,1-4H3;1H2/t20-,21+,38?;. The maximum Gasteiger partial charge on any atom is 0.182 e. The highest BCUT2D eigenvalue weighted by atomic mass is 32.2. The van der Waals surface area contributed by atoms with Crippen molar-refractivity contribution in [2.45, 2.75) is 30.8 Å². The van der Waals surface area contributed by atoms with Gasteiger partial charge in [0.15, 0.2) is 21.5 Å². The van der Waals surface area contributed by atoms with Gasteiger partial charge in [-0.3, -0.25) is 0 Å². The van der Waals surface area contributed by atoms with Crippen LogP contribution < -0.4 is 10.2 Å². The highest BCUT2D eigenvalue weighted by Crippen LogP contribution is 2.35. The van der Waals surface area contributed by atoms with Gasteiger partial charge in [0.2, 0.25) is 0 Å². The van der Waals surface area contributed by atoms with Crippen LogP contribution in [0.2, 0.25) is 0 Å². The van der Waals surface area contributed by atoms with Crippen molar-refractivity contribution in [2.24, 2.45) is 0 Å². The van der Waals surface area contributed by atoms with Gasteiger partial charge in [0.25, 0.3) is 0 Å². The lowest BCUT2D eigenvalue weighted by Crippen LogP contribution is -2.55. The Morgan fingerprint density at radius 1 is 0.872 bits per heavy atom. The lowest BCUT2D eigenvalue weighted by molar-refractivity contribution is 0.432. The zero-order valence-electron chi connectivity index (χ0n) is 22.6. The normalized spacial score (nSPS) is 18.4. The van der Waals surface area contributed by atoms with Gasteiger partial charge in [0.05, 0.1) is 6.20 Å². The average Bonchev–Trinajstić information content (AvgIpc) is 3.35. The van der Waals surface area contributed by atoms with E-state index in [9.17, 15) is 4.21 Å². The minimum atomic E-state index is -1.64. The van der Waals surface area contributed by atoms with Crippen LogP contribution >= 0.6 is 0 Å². The molecule has 8 nitrogen and oxygen atoms in total. The third kappa shape index (κ3) is 4.83. The van der Waals surface area contributed by atoms with Gasteiger partial charge in [-0.15, -0.1) is 4.31 Å². The fourth-order valence-electron chi connectivity index (χ4n) is 5.58. The first-order valence-corrected chi connectivity index (χ1v) is 14.2. The first-order valence-electron chi connectivity index (χ1n) is 13.0. The van der Waals surface area contributed by atoms with Crippen LogP contribution in [0.3, 0.4) is 0 Å². The zero-order chi connectivity index (χ0) is 26.4. The Morgan fingerprint density at radius 2 is 1.56 bits per heavy atom. The highest BCUT2D eigenvalue weighted by molar-refractivity contribution is 7.82. The number of hydrogen-bond donors (Lipinski definition) is 1. The number of fused-ring (bicyclic) bond motifs is 2. The molecule has 1 fully saturated rings. The van der Waals surface area contributed by atoms with Crippen LogP contribution in [0, 0.1) is 0 Å². The van der Waals surface area contributed by atoms with Gasteiger partial charge >= 0.3 is 0 Å². The molecule has 0 aliphatic carbocycles. The third-order valence-electron chi connectivity index (χ3n) is 7.45. The van der Waals surface area contributed by atoms with Gasteiger partial charge in [0, 0.05) is 73.9 Å². The van der Waals surface area contributed by atoms with Crippen LogP contribution in [0.15, 0.2) is 84.1 Å². The van der Waals surface area contributed by atoms with E-state index in [2.05, 4.69) is 59.5 Å². The predicted octanol–water partition coefficient (Wildman–Crippen LogP) is 4.76. The molecule has 6 rings (SSSR count). The summed E-state index contributed by atoms with van der Waals surface area (Å²) in [6.45, 7) is 6.53. The molecule has 1 aliphatic rings. The van der Waals surface area contributed by atoms with Gasteiger partial charge in [-0.05, 0) is 60.7 Å². The number of rotatable bonds is 5. The zero-order valence-corrected chi connectivity index (χ0v) is 23.5. The van der Waals surface area contributed by atoms with Crippen molar-refractivity contribution in [3.05, 3.63) is 79.3 Å². The number of aromatic nitrogens is 3. The van der Waals surface area contributed by atoms with Crippen LogP contribution in [0.25, 0.3) is 38.7 Å². The molecule has 1 saturated heterocycles. The van der Waals surface area contributed by atoms with Gasteiger partial charge in [-0.1, -0.05) is 34.5 Å². The van der Waals surface area contributed by atoms with Crippen molar-refractivity contribution in [2.75, 3.05) is 32.1 Å². The second-order valence-electron chi connectivity index (χ2n) is 10.3. The lowest BCUT2D eigenvalue weighted by atomic mass is 10.00. The van der Waals surface area contributed by atoms with Crippen molar-refractivity contribution >= 4 is 33.1 Å². The summed E-state index contributed by atoms with van der Waals surface area (Å²) in [4.78, 5) is 8.17. The van der Waals surface area contributed by atoms with Gasteiger partial charge in [-0.25, -0.2) is 9.50 Å². The minimum Gasteiger partial charge on any atom is -0.870 e. The number of nitrogens with one attached hydrogen (secondary N) is 1. The molecule has 3 heterocycles. The average molecular weight is 543 g/mol. The Morgan fingerprint density at radius 3 is 2.26 bits per heavy atom. The molecule has 202 valence electrons. The van der Waals surface area contributed by atoms with Crippen LogP contribution in [0.1, 0.15) is 13.8 Å². The summed E-state index contributed by atoms with van der Waals surface area (Å²) in [5, 5.41) is 10.2. The number of nitrogens with zero attached hydrogens (tertiary/aromatic N) is 5. The lowest BCUT2D eigenvalue weighted by Gasteiger charge is -2.41. The Hall–Kier alpha value is -3.63. The van der Waals surface area contributed by atoms with Gasteiger partial charge in [0.1, 0.15) is 0 Å². The molecule has 3 atom stereocenters. The molecule has 0 amide bonds. The summed E-state index contributed by atoms with van der Waals surface area (Å²) in [5.41, 5.74) is 6.16. The number of piperazine rings is 1. The summed E-state index contributed by atoms with van der Waals surface area (Å²) in [6, 6.07) is 21.8. The summed E-state index contributed by atoms with van der Waals surface area (Å²) < 4.78 is 16.5. The van der Waals surface area contributed by atoms with Crippen LogP contribution in [0.4, 0.5) is 5.69 Å². The molecule has 0 bridgehead atoms. The monoisotopic (exact) mass is 542 g/mol. The molecule has 5 aromatic rings. The van der Waals surface area contributed by atoms with E-state index in [1.807, 2.05) is 67.5 Å². The van der Waals surface area contributed by atoms with Crippen molar-refractivity contribution in [1.29, 1.82) is 0 Å². The second-order valence-corrected chi connectivity index (χ2v) is 12.1. The van der Waals surface area contributed by atoms with Crippen molar-refractivity contribution in [1.82, 2.24) is 24.2 Å². The maximum atomic E-state index is 12.9. The molecule has 2 N–H and O–H groups in total. The van der Waals surface area contributed by atoms with Crippen molar-refractivity contribution < 1.29 is 9.69 Å². The van der Waals surface area contributed by atoms with Crippen LogP contribution in [-0.4, -0.2) is 63.6 Å². The predicted molar refractivity (Wildman–Crippen MR) is 159 cm³/mol. The second kappa shape index (κ2) is 10.9. The smallest absolute Gasteiger partial charge is 0.182 e. The molecule has 1 aliphatic heterocycles. The molecule has 3 aromatic carbocycles. The Kier molecular flexibility index (Phi) is 7.51. The van der Waals surface area contributed by atoms with Crippen molar-refractivity contribution in [3.63, 3.8) is 0 Å². The fraction of sp³-hybridized carbons (Fsp3) is 0.267. The Balaban J connectivity index is 0.00000308. The topological polar surface area (TPSA) is 95.8 Å². The van der Waals surface area contributed by atoms with E-state index in [0.29, 0.717) is 12.1 Å². The van der Waals surface area contributed by atoms with E-state index in [4.69, 9.17) is 4.98 Å². The van der Waals surface area contributed by atoms with E-state index in [0.717, 1.165) is 56.7 Å². The molecular weight excluding hydrogens is 508 g/mol. The summed E-state index contributed by atoms with van der Waals surface area (Å²) >= 11 is 0. The van der Waals surface area contributed by atoms with Gasteiger partial charge < -0.3 is 15.7 Å². The van der Waals surface area contributed by atoms with E-state index in [1.165, 1.54) is 5.69 Å². The third-order valence-corrected chi connectivity index (χ3v) is 8.97. The van der Waals surface area contributed by atoms with E-state index < -0.39 is 11.0 Å². The quantitative estimate of drug-likeness (QED) is 0.254. The number of anilines is 1. The largest absolute Gasteiger partial charge is 0.870 e. The molecule has 9 heteroatoms. The van der Waals surface area contributed by atoms with E-state index in [-0.39, 0.29) is 5.48 Å². The first kappa shape index (κ1) is 27.0. The molecule has 2 aromatic heterocycles.